The highest BCUT2D eigenvalue weighted by molar-refractivity contribution is 6.37. The third-order valence-electron chi connectivity index (χ3n) is 4.15. The van der Waals surface area contributed by atoms with Crippen molar-refractivity contribution >= 4 is 28.8 Å². The Kier molecular flexibility index (Phi) is 4.12. The minimum absolute atomic E-state index is 0.115. The molecule has 1 aliphatic rings. The molecule has 0 unspecified atom stereocenters. The summed E-state index contributed by atoms with van der Waals surface area (Å²) in [6.45, 7) is 5.68. The molecule has 124 valence electrons. The van der Waals surface area contributed by atoms with Crippen molar-refractivity contribution < 1.29 is 9.59 Å². The van der Waals surface area contributed by atoms with E-state index in [2.05, 4.69) is 10.6 Å². The van der Waals surface area contributed by atoms with Crippen molar-refractivity contribution in [1.82, 2.24) is 0 Å². The Balaban J connectivity index is 2.05. The van der Waals surface area contributed by atoms with Crippen LogP contribution < -0.4 is 10.6 Å². The summed E-state index contributed by atoms with van der Waals surface area (Å²) in [5, 5.41) is 15.0. The maximum Gasteiger partial charge on any atom is 0.267 e. The number of nitriles is 1. The highest BCUT2D eigenvalue weighted by Gasteiger charge is 2.30. The molecule has 0 saturated carbocycles. The summed E-state index contributed by atoms with van der Waals surface area (Å²) < 4.78 is 0. The Bertz CT molecular complexity index is 981. The Morgan fingerprint density at radius 1 is 1.08 bits per heavy atom. The second kappa shape index (κ2) is 6.25. The zero-order valence-corrected chi connectivity index (χ0v) is 14.2. The van der Waals surface area contributed by atoms with Crippen molar-refractivity contribution in [3.8, 4) is 6.07 Å². The maximum absolute atomic E-state index is 12.7. The number of amides is 2. The Morgan fingerprint density at radius 3 is 2.48 bits per heavy atom. The van der Waals surface area contributed by atoms with Gasteiger partial charge in [0, 0.05) is 16.9 Å². The van der Waals surface area contributed by atoms with Gasteiger partial charge in [0.2, 0.25) is 0 Å². The summed E-state index contributed by atoms with van der Waals surface area (Å²) in [5.41, 5.74) is 4.56. The van der Waals surface area contributed by atoms with Gasteiger partial charge in [-0.15, -0.1) is 0 Å². The van der Waals surface area contributed by atoms with E-state index in [-0.39, 0.29) is 11.1 Å². The molecule has 2 amide bonds. The average Bonchev–Trinajstić information content (AvgIpc) is 2.88. The SMILES string of the molecule is Cc1ccc(C)c(NC(=O)/C(C#N)=C2\C(=O)Nc3ccc(C)cc32)c1. The number of rotatable bonds is 2. The van der Waals surface area contributed by atoms with Gasteiger partial charge in [-0.1, -0.05) is 23.8 Å². The molecule has 0 saturated heterocycles. The predicted molar refractivity (Wildman–Crippen MR) is 96.9 cm³/mol. The van der Waals surface area contributed by atoms with Crippen LogP contribution in [0, 0.1) is 32.1 Å². The summed E-state index contributed by atoms with van der Waals surface area (Å²) in [6.07, 6.45) is 0. The van der Waals surface area contributed by atoms with Crippen LogP contribution >= 0.6 is 0 Å². The molecule has 2 aromatic carbocycles. The molecule has 0 aromatic heterocycles. The maximum atomic E-state index is 12.7. The lowest BCUT2D eigenvalue weighted by Gasteiger charge is -2.10. The number of hydrogen-bond acceptors (Lipinski definition) is 3. The summed E-state index contributed by atoms with van der Waals surface area (Å²) >= 11 is 0. The number of nitrogens with one attached hydrogen (secondary N) is 2. The second-order valence-corrected chi connectivity index (χ2v) is 6.14. The fourth-order valence-electron chi connectivity index (χ4n) is 2.80. The van der Waals surface area contributed by atoms with Crippen LogP contribution in [0.5, 0.6) is 0 Å². The van der Waals surface area contributed by atoms with Crippen LogP contribution in [0.1, 0.15) is 22.3 Å². The van der Waals surface area contributed by atoms with Crippen LogP contribution in [0.15, 0.2) is 42.0 Å². The van der Waals surface area contributed by atoms with E-state index in [1.165, 1.54) is 0 Å². The van der Waals surface area contributed by atoms with E-state index >= 15 is 0 Å². The first-order chi connectivity index (χ1) is 11.9. The molecular weight excluding hydrogens is 314 g/mol. The number of aryl methyl sites for hydroxylation is 3. The first-order valence-corrected chi connectivity index (χ1v) is 7.86. The van der Waals surface area contributed by atoms with Gasteiger partial charge in [-0.25, -0.2) is 0 Å². The molecule has 1 heterocycles. The van der Waals surface area contributed by atoms with E-state index in [0.717, 1.165) is 16.7 Å². The number of nitrogens with zero attached hydrogens (tertiary/aromatic N) is 1. The summed E-state index contributed by atoms with van der Waals surface area (Å²) in [6, 6.07) is 13.0. The van der Waals surface area contributed by atoms with Crippen molar-refractivity contribution in [3.05, 3.63) is 64.2 Å². The van der Waals surface area contributed by atoms with E-state index in [4.69, 9.17) is 0 Å². The number of carbonyl (C=O) groups is 2. The van der Waals surface area contributed by atoms with E-state index < -0.39 is 11.8 Å². The van der Waals surface area contributed by atoms with Crippen LogP contribution in [-0.4, -0.2) is 11.8 Å². The average molecular weight is 331 g/mol. The molecule has 0 radical (unpaired) electrons. The molecule has 0 aliphatic carbocycles. The third kappa shape index (κ3) is 3.02. The van der Waals surface area contributed by atoms with Gasteiger partial charge in [-0.3, -0.25) is 9.59 Å². The molecule has 0 spiro atoms. The van der Waals surface area contributed by atoms with Gasteiger partial charge in [0.25, 0.3) is 11.8 Å². The van der Waals surface area contributed by atoms with Gasteiger partial charge >= 0.3 is 0 Å². The van der Waals surface area contributed by atoms with Crippen molar-refractivity contribution in [2.75, 3.05) is 10.6 Å². The Morgan fingerprint density at radius 2 is 1.76 bits per heavy atom. The summed E-state index contributed by atoms with van der Waals surface area (Å²) in [7, 11) is 0. The van der Waals surface area contributed by atoms with Crippen LogP contribution in [-0.2, 0) is 9.59 Å². The van der Waals surface area contributed by atoms with E-state index in [1.54, 1.807) is 12.1 Å². The molecule has 2 aromatic rings. The lowest BCUT2D eigenvalue weighted by molar-refractivity contribution is -0.113. The quantitative estimate of drug-likeness (QED) is 0.653. The Hall–Kier alpha value is -3.39. The molecule has 5 nitrogen and oxygen atoms in total. The number of benzene rings is 2. The normalized spacial score (nSPS) is 14.4. The van der Waals surface area contributed by atoms with Crippen LogP contribution in [0.2, 0.25) is 0 Å². The second-order valence-electron chi connectivity index (χ2n) is 6.14. The van der Waals surface area contributed by atoms with Gasteiger partial charge in [-0.2, -0.15) is 5.26 Å². The van der Waals surface area contributed by atoms with Gasteiger partial charge in [0.05, 0.1) is 5.57 Å². The monoisotopic (exact) mass is 331 g/mol. The molecule has 25 heavy (non-hydrogen) atoms. The minimum atomic E-state index is -0.587. The first-order valence-electron chi connectivity index (χ1n) is 7.86. The van der Waals surface area contributed by atoms with Gasteiger partial charge < -0.3 is 10.6 Å². The van der Waals surface area contributed by atoms with Crippen molar-refractivity contribution in [1.29, 1.82) is 5.26 Å². The molecule has 5 heteroatoms. The molecule has 3 rings (SSSR count). The molecule has 0 atom stereocenters. The topological polar surface area (TPSA) is 82.0 Å². The molecular formula is C20H17N3O2. The third-order valence-corrected chi connectivity index (χ3v) is 4.15. The number of anilines is 2. The summed E-state index contributed by atoms with van der Waals surface area (Å²) in [4.78, 5) is 25.0. The fourth-order valence-corrected chi connectivity index (χ4v) is 2.80. The molecule has 2 N–H and O–H groups in total. The number of fused-ring (bicyclic) bond motifs is 1. The van der Waals surface area contributed by atoms with Crippen molar-refractivity contribution in [2.24, 2.45) is 0 Å². The van der Waals surface area contributed by atoms with E-state index in [0.29, 0.717) is 16.9 Å². The number of hydrogen-bond donors (Lipinski definition) is 2. The van der Waals surface area contributed by atoms with Crippen molar-refractivity contribution in [2.45, 2.75) is 20.8 Å². The van der Waals surface area contributed by atoms with E-state index in [9.17, 15) is 14.9 Å². The number of carbonyl (C=O) groups excluding carboxylic acids is 2. The standard InChI is InChI=1S/C20H17N3O2/c1-11-5-7-16-14(8-11)18(20(25)22-16)15(10-21)19(24)23-17-9-12(2)4-6-13(17)3/h4-9H,1-3H3,(H,22,25)(H,23,24)/b18-15-. The summed E-state index contributed by atoms with van der Waals surface area (Å²) in [5.74, 6) is -1.02. The van der Waals surface area contributed by atoms with E-state index in [1.807, 2.05) is 51.1 Å². The largest absolute Gasteiger partial charge is 0.321 e. The van der Waals surface area contributed by atoms with Gasteiger partial charge in [-0.05, 0) is 50.1 Å². The predicted octanol–water partition coefficient (Wildman–Crippen LogP) is 3.48. The van der Waals surface area contributed by atoms with Crippen LogP contribution in [0.4, 0.5) is 11.4 Å². The highest BCUT2D eigenvalue weighted by Crippen LogP contribution is 2.34. The zero-order chi connectivity index (χ0) is 18.1. The Labute approximate surface area is 146 Å². The van der Waals surface area contributed by atoms with Crippen LogP contribution in [0.3, 0.4) is 0 Å². The van der Waals surface area contributed by atoms with Gasteiger partial charge in [0.15, 0.2) is 0 Å². The fraction of sp³-hybridized carbons (Fsp3) is 0.150. The van der Waals surface area contributed by atoms with Crippen LogP contribution in [0.25, 0.3) is 5.57 Å². The molecule has 0 bridgehead atoms. The lowest BCUT2D eigenvalue weighted by Crippen LogP contribution is -2.18. The van der Waals surface area contributed by atoms with Gasteiger partial charge in [0.1, 0.15) is 11.6 Å². The lowest BCUT2D eigenvalue weighted by atomic mass is 9.99. The first kappa shape index (κ1) is 16.5. The minimum Gasteiger partial charge on any atom is -0.321 e. The van der Waals surface area contributed by atoms with Crippen molar-refractivity contribution in [3.63, 3.8) is 0 Å². The molecule has 0 fully saturated rings. The smallest absolute Gasteiger partial charge is 0.267 e. The molecule has 1 aliphatic heterocycles. The zero-order valence-electron chi connectivity index (χ0n) is 14.2. The highest BCUT2D eigenvalue weighted by atomic mass is 16.2.